The highest BCUT2D eigenvalue weighted by molar-refractivity contribution is 5.94. The summed E-state index contributed by atoms with van der Waals surface area (Å²) >= 11 is 0. The molecule has 1 rings (SSSR count). The third-order valence-electron chi connectivity index (χ3n) is 2.28. The van der Waals surface area contributed by atoms with Crippen molar-refractivity contribution in [3.63, 3.8) is 0 Å². The largest absolute Gasteiger partial charge is 0.383 e. The molecule has 1 unspecified atom stereocenters. The molecule has 0 aliphatic heterocycles. The Bertz CT molecular complexity index is 336. The topological polar surface area (TPSA) is 55.1 Å². The number of carbonyl (C=O) groups excluding carboxylic acids is 1. The molecule has 1 aromatic rings. The molecule has 3 N–H and O–H groups in total. The number of rotatable bonds is 5. The first-order chi connectivity index (χ1) is 7.13. The molecule has 0 aliphatic carbocycles. The maximum absolute atomic E-state index is 11.2. The van der Waals surface area contributed by atoms with Crippen LogP contribution in [0.4, 0.5) is 5.69 Å². The second-order valence-corrected chi connectivity index (χ2v) is 3.76. The van der Waals surface area contributed by atoms with Gasteiger partial charge in [0.1, 0.15) is 0 Å². The number of carbonyl (C=O) groups is 1. The molecule has 0 fully saturated rings. The van der Waals surface area contributed by atoms with Gasteiger partial charge in [0, 0.05) is 17.3 Å². The zero-order valence-electron chi connectivity index (χ0n) is 9.29. The molecule has 15 heavy (non-hydrogen) atoms. The molecule has 3 heteroatoms. The second-order valence-electron chi connectivity index (χ2n) is 3.76. The predicted molar refractivity (Wildman–Crippen MR) is 63.2 cm³/mol. The van der Waals surface area contributed by atoms with Gasteiger partial charge in [0.15, 0.2) is 5.78 Å². The van der Waals surface area contributed by atoms with Crippen molar-refractivity contribution in [3.05, 3.63) is 29.8 Å². The first-order valence-electron chi connectivity index (χ1n) is 5.21. The van der Waals surface area contributed by atoms with Crippen LogP contribution >= 0.6 is 0 Å². The van der Waals surface area contributed by atoms with Crippen molar-refractivity contribution in [2.75, 3.05) is 11.9 Å². The number of ketones is 1. The normalized spacial score (nSPS) is 12.2. The molecule has 0 aromatic heterocycles. The van der Waals surface area contributed by atoms with Crippen LogP contribution in [0.1, 0.15) is 30.6 Å². The highest BCUT2D eigenvalue weighted by atomic mass is 16.1. The smallest absolute Gasteiger partial charge is 0.159 e. The second kappa shape index (κ2) is 5.51. The molecule has 0 spiro atoms. The Morgan fingerprint density at radius 3 is 2.87 bits per heavy atom. The molecule has 1 atom stereocenters. The Labute approximate surface area is 90.7 Å². The highest BCUT2D eigenvalue weighted by Gasteiger charge is 2.03. The van der Waals surface area contributed by atoms with Gasteiger partial charge in [-0.05, 0) is 38.9 Å². The third-order valence-corrected chi connectivity index (χ3v) is 2.28. The van der Waals surface area contributed by atoms with Crippen LogP contribution in [0.5, 0.6) is 0 Å². The fraction of sp³-hybridized carbons (Fsp3) is 0.417. The van der Waals surface area contributed by atoms with Crippen LogP contribution < -0.4 is 11.1 Å². The zero-order chi connectivity index (χ0) is 11.3. The Kier molecular flexibility index (Phi) is 4.31. The summed E-state index contributed by atoms with van der Waals surface area (Å²) in [5, 5.41) is 3.31. The fourth-order valence-electron chi connectivity index (χ4n) is 1.43. The maximum Gasteiger partial charge on any atom is 0.159 e. The van der Waals surface area contributed by atoms with Crippen LogP contribution in [0, 0.1) is 0 Å². The van der Waals surface area contributed by atoms with Gasteiger partial charge >= 0.3 is 0 Å². The monoisotopic (exact) mass is 206 g/mol. The first kappa shape index (κ1) is 11.7. The van der Waals surface area contributed by atoms with Crippen molar-refractivity contribution in [3.8, 4) is 0 Å². The van der Waals surface area contributed by atoms with Crippen LogP contribution in [0.2, 0.25) is 0 Å². The average molecular weight is 206 g/mol. The minimum atomic E-state index is 0.0881. The summed E-state index contributed by atoms with van der Waals surface area (Å²) in [4.78, 5) is 11.2. The lowest BCUT2D eigenvalue weighted by molar-refractivity contribution is 0.101. The summed E-state index contributed by atoms with van der Waals surface area (Å²) in [6.45, 7) is 4.32. The van der Waals surface area contributed by atoms with E-state index in [-0.39, 0.29) is 5.78 Å². The Morgan fingerprint density at radius 1 is 1.53 bits per heavy atom. The first-order valence-corrected chi connectivity index (χ1v) is 5.21. The molecule has 0 saturated carbocycles. The van der Waals surface area contributed by atoms with Gasteiger partial charge in [-0.25, -0.2) is 0 Å². The van der Waals surface area contributed by atoms with Crippen molar-refractivity contribution >= 4 is 11.5 Å². The van der Waals surface area contributed by atoms with Gasteiger partial charge in [-0.15, -0.1) is 0 Å². The molecular weight excluding hydrogens is 188 g/mol. The number of anilines is 1. The quantitative estimate of drug-likeness (QED) is 0.725. The van der Waals surface area contributed by atoms with Crippen molar-refractivity contribution in [2.24, 2.45) is 5.73 Å². The summed E-state index contributed by atoms with van der Waals surface area (Å²) in [6.07, 6.45) is 0.921. The minimum Gasteiger partial charge on any atom is -0.383 e. The Balaban J connectivity index is 2.69. The van der Waals surface area contributed by atoms with E-state index in [0.717, 1.165) is 17.7 Å². The van der Waals surface area contributed by atoms with E-state index in [1.54, 1.807) is 6.92 Å². The molecule has 1 aromatic carbocycles. The van der Waals surface area contributed by atoms with Crippen molar-refractivity contribution < 1.29 is 4.79 Å². The van der Waals surface area contributed by atoms with Gasteiger partial charge in [-0.2, -0.15) is 0 Å². The van der Waals surface area contributed by atoms with Gasteiger partial charge in [0.05, 0.1) is 0 Å². The van der Waals surface area contributed by atoms with Crippen LogP contribution in [-0.2, 0) is 0 Å². The van der Waals surface area contributed by atoms with E-state index >= 15 is 0 Å². The van der Waals surface area contributed by atoms with E-state index in [1.807, 2.05) is 24.3 Å². The van der Waals surface area contributed by atoms with Gasteiger partial charge in [-0.1, -0.05) is 12.1 Å². The molecule has 0 bridgehead atoms. The van der Waals surface area contributed by atoms with Crippen LogP contribution in [0.15, 0.2) is 24.3 Å². The zero-order valence-corrected chi connectivity index (χ0v) is 9.29. The number of hydrogen-bond donors (Lipinski definition) is 2. The number of benzene rings is 1. The Morgan fingerprint density at radius 2 is 2.27 bits per heavy atom. The summed E-state index contributed by atoms with van der Waals surface area (Å²) in [6, 6.07) is 7.86. The average Bonchev–Trinajstić information content (AvgIpc) is 2.18. The van der Waals surface area contributed by atoms with Gasteiger partial charge in [0.2, 0.25) is 0 Å². The van der Waals surface area contributed by atoms with E-state index in [0.29, 0.717) is 12.6 Å². The summed E-state index contributed by atoms with van der Waals surface area (Å²) in [5.41, 5.74) is 7.18. The molecule has 0 saturated heterocycles. The number of nitrogens with two attached hydrogens (primary N) is 1. The lowest BCUT2D eigenvalue weighted by atomic mass is 10.1. The van der Waals surface area contributed by atoms with Crippen LogP contribution in [0.3, 0.4) is 0 Å². The Hall–Kier alpha value is -1.35. The molecule has 3 nitrogen and oxygen atoms in total. The standard InChI is InChI=1S/C12H18N2O/c1-9(6-7-13)14-12-5-3-4-11(8-12)10(2)15/h3-5,8-9,14H,6-7,13H2,1-2H3. The highest BCUT2D eigenvalue weighted by Crippen LogP contribution is 2.12. The van der Waals surface area contributed by atoms with Gasteiger partial charge < -0.3 is 11.1 Å². The molecular formula is C12H18N2O. The van der Waals surface area contributed by atoms with Crippen LogP contribution in [0.25, 0.3) is 0 Å². The van der Waals surface area contributed by atoms with Crippen LogP contribution in [-0.4, -0.2) is 18.4 Å². The molecule has 0 aliphatic rings. The maximum atomic E-state index is 11.2. The van der Waals surface area contributed by atoms with E-state index in [4.69, 9.17) is 5.73 Å². The molecule has 0 radical (unpaired) electrons. The van der Waals surface area contributed by atoms with Gasteiger partial charge in [0.25, 0.3) is 0 Å². The SMILES string of the molecule is CC(=O)c1cccc(NC(C)CCN)c1. The van der Waals surface area contributed by atoms with Crippen molar-refractivity contribution in [1.29, 1.82) is 0 Å². The third kappa shape index (κ3) is 3.72. The predicted octanol–water partition coefficient (Wildman–Crippen LogP) is 2.04. The number of hydrogen-bond acceptors (Lipinski definition) is 3. The molecule has 0 heterocycles. The molecule has 0 amide bonds. The van der Waals surface area contributed by atoms with E-state index < -0.39 is 0 Å². The lowest BCUT2D eigenvalue weighted by Crippen LogP contribution is -2.19. The summed E-state index contributed by atoms with van der Waals surface area (Å²) < 4.78 is 0. The number of nitrogens with one attached hydrogen (secondary N) is 1. The molecule has 82 valence electrons. The summed E-state index contributed by atoms with van der Waals surface area (Å²) in [7, 11) is 0. The van der Waals surface area contributed by atoms with E-state index in [2.05, 4.69) is 12.2 Å². The number of Topliss-reactive ketones (excluding diaryl/α,β-unsaturated/α-hetero) is 1. The van der Waals surface area contributed by atoms with E-state index in [1.165, 1.54) is 0 Å². The van der Waals surface area contributed by atoms with E-state index in [9.17, 15) is 4.79 Å². The summed E-state index contributed by atoms with van der Waals surface area (Å²) in [5.74, 6) is 0.0881. The van der Waals surface area contributed by atoms with Crippen molar-refractivity contribution in [2.45, 2.75) is 26.3 Å². The van der Waals surface area contributed by atoms with Gasteiger partial charge in [-0.3, -0.25) is 4.79 Å². The fourth-order valence-corrected chi connectivity index (χ4v) is 1.43. The lowest BCUT2D eigenvalue weighted by Gasteiger charge is -2.14. The minimum absolute atomic E-state index is 0.0881. The van der Waals surface area contributed by atoms with Crippen molar-refractivity contribution in [1.82, 2.24) is 0 Å².